The fourth-order valence-electron chi connectivity index (χ4n) is 2.57. The van der Waals surface area contributed by atoms with Crippen molar-refractivity contribution in [3.63, 3.8) is 0 Å². The van der Waals surface area contributed by atoms with Crippen molar-refractivity contribution in [2.24, 2.45) is 0 Å². The van der Waals surface area contributed by atoms with Crippen LogP contribution in [0.5, 0.6) is 5.75 Å². The van der Waals surface area contributed by atoms with Gasteiger partial charge in [-0.1, -0.05) is 37.3 Å². The van der Waals surface area contributed by atoms with Gasteiger partial charge in [0.15, 0.2) is 5.78 Å². The van der Waals surface area contributed by atoms with E-state index in [1.54, 1.807) is 7.11 Å². The van der Waals surface area contributed by atoms with Gasteiger partial charge in [0.05, 0.1) is 12.7 Å². The van der Waals surface area contributed by atoms with Gasteiger partial charge in [0, 0.05) is 5.56 Å². The van der Waals surface area contributed by atoms with Crippen molar-refractivity contribution in [2.75, 3.05) is 7.11 Å². The van der Waals surface area contributed by atoms with E-state index in [0.717, 1.165) is 28.7 Å². The van der Waals surface area contributed by atoms with Crippen LogP contribution in [0.15, 0.2) is 36.4 Å². The first kappa shape index (κ1) is 14.3. The summed E-state index contributed by atoms with van der Waals surface area (Å²) in [5.41, 5.74) is 4.55. The molecule has 0 unspecified atom stereocenters. The highest BCUT2D eigenvalue weighted by molar-refractivity contribution is 6.12. The van der Waals surface area contributed by atoms with Gasteiger partial charge in [-0.15, -0.1) is 0 Å². The van der Waals surface area contributed by atoms with Crippen LogP contribution in [-0.4, -0.2) is 12.9 Å². The van der Waals surface area contributed by atoms with Crippen LogP contribution in [0.2, 0.25) is 0 Å². The molecule has 0 bridgehead atoms. The summed E-state index contributed by atoms with van der Waals surface area (Å²) >= 11 is 0. The topological polar surface area (TPSA) is 26.3 Å². The summed E-state index contributed by atoms with van der Waals surface area (Å²) in [6.45, 7) is 6.02. The molecule has 2 rings (SSSR count). The van der Waals surface area contributed by atoms with E-state index < -0.39 is 0 Å². The number of methoxy groups -OCH3 is 1. The Morgan fingerprint density at radius 3 is 2.50 bits per heavy atom. The van der Waals surface area contributed by atoms with Crippen molar-refractivity contribution >= 4 is 5.78 Å². The number of benzene rings is 2. The maximum atomic E-state index is 12.9. The highest BCUT2D eigenvalue weighted by Gasteiger charge is 2.19. The molecule has 2 nitrogen and oxygen atoms in total. The first-order chi connectivity index (χ1) is 9.58. The predicted molar refractivity (Wildman–Crippen MR) is 81.7 cm³/mol. The van der Waals surface area contributed by atoms with Crippen molar-refractivity contribution in [2.45, 2.75) is 27.2 Å². The predicted octanol–water partition coefficient (Wildman–Crippen LogP) is 4.11. The molecule has 2 heteroatoms. The third-order valence-corrected chi connectivity index (χ3v) is 3.53. The average molecular weight is 268 g/mol. The van der Waals surface area contributed by atoms with E-state index in [0.29, 0.717) is 11.3 Å². The third-order valence-electron chi connectivity index (χ3n) is 3.53. The molecule has 0 amide bonds. The van der Waals surface area contributed by atoms with Gasteiger partial charge in [-0.25, -0.2) is 0 Å². The lowest BCUT2D eigenvalue weighted by Gasteiger charge is -2.14. The van der Waals surface area contributed by atoms with E-state index in [9.17, 15) is 4.79 Å². The Hall–Kier alpha value is -2.09. The first-order valence-electron chi connectivity index (χ1n) is 6.86. The molecule has 0 fully saturated rings. The lowest BCUT2D eigenvalue weighted by molar-refractivity contribution is 0.103. The normalized spacial score (nSPS) is 10.4. The quantitative estimate of drug-likeness (QED) is 0.780. The van der Waals surface area contributed by atoms with Crippen LogP contribution in [0, 0.1) is 13.8 Å². The Bertz CT molecular complexity index is 642. The van der Waals surface area contributed by atoms with E-state index in [4.69, 9.17) is 4.74 Å². The zero-order valence-corrected chi connectivity index (χ0v) is 12.5. The summed E-state index contributed by atoms with van der Waals surface area (Å²) in [5.74, 6) is 0.690. The summed E-state index contributed by atoms with van der Waals surface area (Å²) in [7, 11) is 1.61. The molecule has 2 aromatic carbocycles. The molecule has 0 radical (unpaired) electrons. The van der Waals surface area contributed by atoms with Crippen molar-refractivity contribution in [1.82, 2.24) is 0 Å². The Kier molecular flexibility index (Phi) is 4.23. The van der Waals surface area contributed by atoms with Crippen LogP contribution in [-0.2, 0) is 6.42 Å². The highest BCUT2D eigenvalue weighted by atomic mass is 16.5. The number of rotatable bonds is 4. The molecule has 0 aliphatic heterocycles. The van der Waals surface area contributed by atoms with Gasteiger partial charge in [0.25, 0.3) is 0 Å². The van der Waals surface area contributed by atoms with Gasteiger partial charge in [-0.3, -0.25) is 4.79 Å². The molecule has 20 heavy (non-hydrogen) atoms. The Labute approximate surface area is 120 Å². The Morgan fingerprint density at radius 2 is 1.85 bits per heavy atom. The monoisotopic (exact) mass is 268 g/mol. The zero-order valence-electron chi connectivity index (χ0n) is 12.5. The molecule has 104 valence electrons. The molecule has 0 aromatic heterocycles. The first-order valence-corrected chi connectivity index (χ1v) is 6.86. The molecule has 0 saturated carbocycles. The summed E-state index contributed by atoms with van der Waals surface area (Å²) in [6.07, 6.45) is 0.842. The second-order valence-corrected chi connectivity index (χ2v) is 5.00. The van der Waals surface area contributed by atoms with Gasteiger partial charge in [-0.2, -0.15) is 0 Å². The summed E-state index contributed by atoms with van der Waals surface area (Å²) in [5, 5.41) is 0. The van der Waals surface area contributed by atoms with Crippen LogP contribution < -0.4 is 4.74 Å². The van der Waals surface area contributed by atoms with Crippen LogP contribution >= 0.6 is 0 Å². The van der Waals surface area contributed by atoms with Crippen molar-refractivity contribution in [1.29, 1.82) is 0 Å². The molecule has 0 aliphatic carbocycles. The van der Waals surface area contributed by atoms with Crippen molar-refractivity contribution in [3.05, 3.63) is 64.2 Å². The van der Waals surface area contributed by atoms with Gasteiger partial charge >= 0.3 is 0 Å². The molecule has 0 N–H and O–H groups in total. The molecule has 0 atom stereocenters. The SMILES string of the molecule is CCc1ccccc1C(=O)c1c(C)cc(C)cc1OC. The maximum absolute atomic E-state index is 12.9. The van der Waals surface area contributed by atoms with Crippen LogP contribution in [0.4, 0.5) is 0 Å². The summed E-state index contributed by atoms with van der Waals surface area (Å²) < 4.78 is 5.40. The summed E-state index contributed by atoms with van der Waals surface area (Å²) in [4.78, 5) is 12.9. The number of carbonyl (C=O) groups is 1. The fraction of sp³-hybridized carbons (Fsp3) is 0.278. The van der Waals surface area contributed by atoms with Crippen LogP contribution in [0.1, 0.15) is 39.5 Å². The second-order valence-electron chi connectivity index (χ2n) is 5.00. The number of ketones is 1. The average Bonchev–Trinajstić information content (AvgIpc) is 2.45. The summed E-state index contributed by atoms with van der Waals surface area (Å²) in [6, 6.07) is 11.7. The number of aryl methyl sites for hydroxylation is 3. The second kappa shape index (κ2) is 5.91. The number of carbonyl (C=O) groups excluding carboxylic acids is 1. The minimum Gasteiger partial charge on any atom is -0.496 e. The van der Waals surface area contributed by atoms with E-state index >= 15 is 0 Å². The molecule has 2 aromatic rings. The van der Waals surface area contributed by atoms with Crippen molar-refractivity contribution in [3.8, 4) is 5.75 Å². The molecule has 0 aliphatic rings. The number of ether oxygens (including phenoxy) is 1. The van der Waals surface area contributed by atoms with E-state index in [2.05, 4.69) is 6.92 Å². The molecule has 0 spiro atoms. The largest absolute Gasteiger partial charge is 0.496 e. The van der Waals surface area contributed by atoms with Gasteiger partial charge in [0.2, 0.25) is 0 Å². The third kappa shape index (κ3) is 2.60. The zero-order chi connectivity index (χ0) is 14.7. The van der Waals surface area contributed by atoms with Gasteiger partial charge in [-0.05, 0) is 43.0 Å². The molecule has 0 saturated heterocycles. The van der Waals surface area contributed by atoms with Gasteiger partial charge < -0.3 is 4.74 Å². The van der Waals surface area contributed by atoms with Crippen LogP contribution in [0.25, 0.3) is 0 Å². The van der Waals surface area contributed by atoms with Crippen LogP contribution in [0.3, 0.4) is 0 Å². The maximum Gasteiger partial charge on any atom is 0.197 e. The van der Waals surface area contributed by atoms with E-state index in [1.807, 2.05) is 50.2 Å². The van der Waals surface area contributed by atoms with E-state index in [-0.39, 0.29) is 5.78 Å². The standard InChI is InChI=1S/C18H20O2/c1-5-14-8-6-7-9-15(14)18(19)17-13(3)10-12(2)11-16(17)20-4/h6-11H,5H2,1-4H3. The lowest BCUT2D eigenvalue weighted by atomic mass is 9.93. The molecular formula is C18H20O2. The fourth-order valence-corrected chi connectivity index (χ4v) is 2.57. The van der Waals surface area contributed by atoms with Crippen molar-refractivity contribution < 1.29 is 9.53 Å². The number of hydrogen-bond acceptors (Lipinski definition) is 2. The minimum absolute atomic E-state index is 0.0387. The molecule has 0 heterocycles. The Balaban J connectivity index is 2.59. The Morgan fingerprint density at radius 1 is 1.15 bits per heavy atom. The lowest BCUT2D eigenvalue weighted by Crippen LogP contribution is -2.09. The van der Waals surface area contributed by atoms with Gasteiger partial charge in [0.1, 0.15) is 5.75 Å². The minimum atomic E-state index is 0.0387. The number of hydrogen-bond donors (Lipinski definition) is 0. The highest BCUT2D eigenvalue weighted by Crippen LogP contribution is 2.28. The smallest absolute Gasteiger partial charge is 0.197 e. The molecular weight excluding hydrogens is 248 g/mol. The van der Waals surface area contributed by atoms with E-state index in [1.165, 1.54) is 0 Å².